The molecule has 3 aliphatic rings. The Kier molecular flexibility index (Phi) is 9.27. The van der Waals surface area contributed by atoms with Gasteiger partial charge in [0.15, 0.2) is 5.54 Å². The highest BCUT2D eigenvalue weighted by molar-refractivity contribution is 7.93. The van der Waals surface area contributed by atoms with Crippen LogP contribution in [0.4, 0.5) is 10.5 Å². The Balaban J connectivity index is 1.43. The van der Waals surface area contributed by atoms with Crippen molar-refractivity contribution in [2.24, 2.45) is 0 Å². The van der Waals surface area contributed by atoms with Gasteiger partial charge in [-0.15, -0.1) is 11.3 Å². The molecule has 2 aromatic carbocycles. The van der Waals surface area contributed by atoms with Gasteiger partial charge in [-0.25, -0.2) is 13.2 Å². The van der Waals surface area contributed by atoms with Gasteiger partial charge in [-0.05, 0) is 84.1 Å². The zero-order chi connectivity index (χ0) is 33.5. The number of aryl methyl sites for hydroxylation is 2. The number of anilines is 1. The monoisotopic (exact) mass is 681 g/mol. The summed E-state index contributed by atoms with van der Waals surface area (Å²) < 4.78 is 41.3. The number of carbonyl (C=O) groups excluding carboxylic acids is 2. The van der Waals surface area contributed by atoms with E-state index in [-0.39, 0.29) is 10.6 Å². The number of sulfonamides is 1. The van der Waals surface area contributed by atoms with Gasteiger partial charge in [0.1, 0.15) is 16.4 Å². The van der Waals surface area contributed by atoms with Crippen LogP contribution in [0.25, 0.3) is 0 Å². The molecular weight excluding hydrogens is 639 g/mol. The quantitative estimate of drug-likeness (QED) is 0.377. The molecule has 47 heavy (non-hydrogen) atoms. The van der Waals surface area contributed by atoms with Crippen LogP contribution in [0.15, 0.2) is 53.4 Å². The number of hydrogen-bond acceptors (Lipinski definition) is 9. The summed E-state index contributed by atoms with van der Waals surface area (Å²) in [7, 11) is -0.735. The standard InChI is InChI=1S/C34H43N5O6S2/c1-6-45-30-10-8-7-9-27(30)34(35-33(41)38-19-17-37(18-20-38)25-13-15-36(4)16-14-25)28-22-26(44-5)11-12-29(28)39(32(34)40)47(42,43)31-21-23(2)46-24(31)3/h7-12,21-22,25H,6,13-20H2,1-5H3,(H,35,41). The third-order valence-corrected chi connectivity index (χ3v) is 12.5. The lowest BCUT2D eigenvalue weighted by molar-refractivity contribution is -0.121. The third-order valence-electron chi connectivity index (χ3n) is 9.54. The second-order valence-electron chi connectivity index (χ2n) is 12.4. The molecule has 3 aliphatic heterocycles. The summed E-state index contributed by atoms with van der Waals surface area (Å²) in [6, 6.07) is 13.4. The Morgan fingerprint density at radius 1 is 1.00 bits per heavy atom. The summed E-state index contributed by atoms with van der Waals surface area (Å²) in [6.07, 6.45) is 2.20. The van der Waals surface area contributed by atoms with E-state index in [9.17, 15) is 13.2 Å². The van der Waals surface area contributed by atoms with Gasteiger partial charge in [0.2, 0.25) is 0 Å². The van der Waals surface area contributed by atoms with E-state index in [1.165, 1.54) is 18.4 Å². The number of piperazine rings is 1. The lowest BCUT2D eigenvalue weighted by Gasteiger charge is -2.43. The number of fused-ring (bicyclic) bond motifs is 1. The Bertz CT molecular complexity index is 1760. The van der Waals surface area contributed by atoms with Gasteiger partial charge in [-0.1, -0.05) is 18.2 Å². The molecule has 252 valence electrons. The minimum absolute atomic E-state index is 0.0559. The fraction of sp³-hybridized carbons (Fsp3) is 0.471. The van der Waals surface area contributed by atoms with Gasteiger partial charge < -0.3 is 24.6 Å². The third kappa shape index (κ3) is 5.87. The van der Waals surface area contributed by atoms with Crippen LogP contribution in [-0.4, -0.2) is 101 Å². The molecule has 6 rings (SSSR count). The first-order valence-electron chi connectivity index (χ1n) is 16.1. The number of methoxy groups -OCH3 is 1. The molecule has 2 fully saturated rings. The van der Waals surface area contributed by atoms with Crippen molar-refractivity contribution in [3.8, 4) is 11.5 Å². The van der Waals surface area contributed by atoms with Gasteiger partial charge in [-0.2, -0.15) is 4.31 Å². The Morgan fingerprint density at radius 2 is 1.70 bits per heavy atom. The fourth-order valence-corrected chi connectivity index (χ4v) is 10.1. The number of rotatable bonds is 8. The molecular formula is C34H43N5O6S2. The molecule has 3 aromatic rings. The van der Waals surface area contributed by atoms with Crippen LogP contribution in [0.5, 0.6) is 11.5 Å². The summed E-state index contributed by atoms with van der Waals surface area (Å²) in [5.41, 5.74) is -1.14. The van der Waals surface area contributed by atoms with E-state index in [0.717, 1.165) is 48.2 Å². The topological polar surface area (TPSA) is 112 Å². The lowest BCUT2D eigenvalue weighted by Crippen LogP contribution is -2.61. The summed E-state index contributed by atoms with van der Waals surface area (Å²) in [4.78, 5) is 37.4. The lowest BCUT2D eigenvalue weighted by atomic mass is 9.83. The highest BCUT2D eigenvalue weighted by Crippen LogP contribution is 2.50. The minimum Gasteiger partial charge on any atom is -0.497 e. The smallest absolute Gasteiger partial charge is 0.318 e. The molecule has 0 aliphatic carbocycles. The van der Waals surface area contributed by atoms with Gasteiger partial charge in [-0.3, -0.25) is 9.69 Å². The van der Waals surface area contributed by atoms with E-state index < -0.39 is 27.5 Å². The van der Waals surface area contributed by atoms with E-state index in [1.807, 2.05) is 13.8 Å². The fourth-order valence-electron chi connectivity index (χ4n) is 7.09. The van der Waals surface area contributed by atoms with E-state index in [0.29, 0.717) is 53.2 Å². The maximum Gasteiger partial charge on any atom is 0.318 e. The van der Waals surface area contributed by atoms with Crippen molar-refractivity contribution in [3.05, 3.63) is 69.4 Å². The number of nitrogens with zero attached hydrogens (tertiary/aromatic N) is 4. The number of carbonyl (C=O) groups is 2. The maximum atomic E-state index is 15.1. The van der Waals surface area contributed by atoms with Crippen molar-refractivity contribution in [3.63, 3.8) is 0 Å². The summed E-state index contributed by atoms with van der Waals surface area (Å²) in [5.74, 6) is -0.0293. The van der Waals surface area contributed by atoms with E-state index in [2.05, 4.69) is 22.2 Å². The molecule has 0 radical (unpaired) electrons. The number of amides is 3. The Morgan fingerprint density at radius 3 is 2.34 bits per heavy atom. The molecule has 0 bridgehead atoms. The molecule has 1 atom stereocenters. The SMILES string of the molecule is CCOc1ccccc1C1(NC(=O)N2CCN(C3CCN(C)CC3)CC2)C(=O)N(S(=O)(=O)c2cc(C)sc2C)c2ccc(OC)cc21. The summed E-state index contributed by atoms with van der Waals surface area (Å²) in [6.45, 7) is 10.2. The number of para-hydroxylation sites is 1. The molecule has 2 saturated heterocycles. The Labute approximate surface area is 281 Å². The molecule has 13 heteroatoms. The highest BCUT2D eigenvalue weighted by atomic mass is 32.2. The molecule has 0 saturated carbocycles. The van der Waals surface area contributed by atoms with Crippen molar-refractivity contribution >= 4 is 39.0 Å². The van der Waals surface area contributed by atoms with Crippen LogP contribution < -0.4 is 19.1 Å². The largest absolute Gasteiger partial charge is 0.497 e. The predicted octanol–water partition coefficient (Wildman–Crippen LogP) is 4.17. The number of ether oxygens (including phenoxy) is 2. The van der Waals surface area contributed by atoms with Gasteiger partial charge >= 0.3 is 6.03 Å². The van der Waals surface area contributed by atoms with E-state index >= 15 is 4.79 Å². The van der Waals surface area contributed by atoms with Crippen LogP contribution in [0.1, 0.15) is 40.6 Å². The number of hydrogen-bond donors (Lipinski definition) is 1. The second-order valence-corrected chi connectivity index (χ2v) is 15.6. The van der Waals surface area contributed by atoms with Crippen molar-refractivity contribution < 1.29 is 27.5 Å². The number of benzene rings is 2. The first kappa shape index (κ1) is 33.3. The second kappa shape index (κ2) is 13.1. The van der Waals surface area contributed by atoms with Crippen LogP contribution >= 0.6 is 11.3 Å². The zero-order valence-electron chi connectivity index (χ0n) is 27.6. The molecule has 4 heterocycles. The van der Waals surface area contributed by atoms with E-state index in [1.54, 1.807) is 60.4 Å². The predicted molar refractivity (Wildman–Crippen MR) is 182 cm³/mol. The number of piperidine rings is 1. The van der Waals surface area contributed by atoms with Crippen LogP contribution in [0, 0.1) is 13.8 Å². The number of thiophene rings is 1. The average Bonchev–Trinajstić information content (AvgIpc) is 3.54. The average molecular weight is 682 g/mol. The first-order chi connectivity index (χ1) is 22.5. The van der Waals surface area contributed by atoms with Crippen LogP contribution in [0.2, 0.25) is 0 Å². The molecule has 1 aromatic heterocycles. The zero-order valence-corrected chi connectivity index (χ0v) is 29.2. The van der Waals surface area contributed by atoms with E-state index in [4.69, 9.17) is 9.47 Å². The van der Waals surface area contributed by atoms with Crippen LogP contribution in [0.3, 0.4) is 0 Å². The molecule has 0 spiro atoms. The molecule has 3 amide bonds. The normalized spacial score (nSPS) is 21.2. The van der Waals surface area contributed by atoms with Crippen molar-refractivity contribution in [2.75, 3.05) is 64.3 Å². The molecule has 1 N–H and O–H groups in total. The van der Waals surface area contributed by atoms with Gasteiger partial charge in [0.05, 0.1) is 19.4 Å². The first-order valence-corrected chi connectivity index (χ1v) is 18.3. The number of nitrogens with one attached hydrogen (secondary N) is 1. The minimum atomic E-state index is -4.38. The molecule has 1 unspecified atom stereocenters. The van der Waals surface area contributed by atoms with Gasteiger partial charge in [0.25, 0.3) is 15.9 Å². The summed E-state index contributed by atoms with van der Waals surface area (Å²) in [5, 5.41) is 3.08. The number of likely N-dealkylation sites (tertiary alicyclic amines) is 1. The maximum absolute atomic E-state index is 15.1. The summed E-state index contributed by atoms with van der Waals surface area (Å²) >= 11 is 1.35. The highest BCUT2D eigenvalue weighted by Gasteiger charge is 2.59. The van der Waals surface area contributed by atoms with Gasteiger partial charge in [0, 0.05) is 53.1 Å². The van der Waals surface area contributed by atoms with Crippen molar-refractivity contribution in [2.45, 2.75) is 50.1 Å². The Hall–Kier alpha value is -3.65. The van der Waals surface area contributed by atoms with Crippen molar-refractivity contribution in [1.82, 2.24) is 20.0 Å². The molecule has 11 nitrogen and oxygen atoms in total. The van der Waals surface area contributed by atoms with Crippen molar-refractivity contribution in [1.29, 1.82) is 0 Å². The number of urea groups is 1. The van der Waals surface area contributed by atoms with Crippen LogP contribution in [-0.2, 0) is 20.4 Å².